The zero-order chi connectivity index (χ0) is 18.8. The van der Waals surface area contributed by atoms with Gasteiger partial charge in [-0.25, -0.2) is 4.39 Å². The molecule has 2 aromatic carbocycles. The summed E-state index contributed by atoms with van der Waals surface area (Å²) in [7, 11) is 1.54. The Labute approximate surface area is 153 Å². The van der Waals surface area contributed by atoms with E-state index in [4.69, 9.17) is 13.7 Å². The summed E-state index contributed by atoms with van der Waals surface area (Å²) in [6, 6.07) is 14.6. The number of nitrogens with zero attached hydrogens (tertiary/aromatic N) is 1. The Kier molecular flexibility index (Phi) is 4.33. The van der Waals surface area contributed by atoms with E-state index >= 15 is 0 Å². The number of methoxy groups -OCH3 is 1. The van der Waals surface area contributed by atoms with Gasteiger partial charge in [-0.1, -0.05) is 17.3 Å². The quantitative estimate of drug-likeness (QED) is 0.574. The lowest BCUT2D eigenvalue weighted by Crippen LogP contribution is -2.22. The highest BCUT2D eigenvalue weighted by Gasteiger charge is 2.15. The second-order valence-corrected chi connectivity index (χ2v) is 5.86. The van der Waals surface area contributed by atoms with Gasteiger partial charge in [0.2, 0.25) is 0 Å². The molecule has 0 radical (unpaired) electrons. The minimum absolute atomic E-state index is 0.164. The lowest BCUT2D eigenvalue weighted by Gasteiger charge is -2.00. The fraction of sp³-hybridized carbons (Fsp3) is 0.100. The number of furan rings is 1. The van der Waals surface area contributed by atoms with E-state index in [0.29, 0.717) is 28.4 Å². The second kappa shape index (κ2) is 6.95. The van der Waals surface area contributed by atoms with Gasteiger partial charge in [0.1, 0.15) is 11.5 Å². The average molecular weight is 366 g/mol. The highest BCUT2D eigenvalue weighted by Crippen LogP contribution is 2.28. The van der Waals surface area contributed by atoms with Gasteiger partial charge in [0, 0.05) is 17.0 Å². The molecule has 0 saturated carbocycles. The van der Waals surface area contributed by atoms with Gasteiger partial charge in [0.05, 0.1) is 13.7 Å². The maximum atomic E-state index is 13.0. The van der Waals surface area contributed by atoms with Crippen LogP contribution in [0.1, 0.15) is 16.2 Å². The number of para-hydroxylation sites is 1. The van der Waals surface area contributed by atoms with E-state index in [2.05, 4.69) is 10.5 Å². The Hall–Kier alpha value is -3.61. The molecule has 27 heavy (non-hydrogen) atoms. The van der Waals surface area contributed by atoms with E-state index in [0.717, 1.165) is 5.39 Å². The zero-order valence-electron chi connectivity index (χ0n) is 14.4. The monoisotopic (exact) mass is 366 g/mol. The van der Waals surface area contributed by atoms with Crippen molar-refractivity contribution in [1.29, 1.82) is 0 Å². The molecule has 136 valence electrons. The summed E-state index contributed by atoms with van der Waals surface area (Å²) in [4.78, 5) is 12.4. The van der Waals surface area contributed by atoms with Crippen molar-refractivity contribution in [3.05, 3.63) is 71.9 Å². The third kappa shape index (κ3) is 3.39. The summed E-state index contributed by atoms with van der Waals surface area (Å²) < 4.78 is 29.1. The van der Waals surface area contributed by atoms with Crippen molar-refractivity contribution in [3.63, 3.8) is 0 Å². The lowest BCUT2D eigenvalue weighted by atomic mass is 10.1. The highest BCUT2D eigenvalue weighted by molar-refractivity contribution is 5.97. The van der Waals surface area contributed by atoms with Gasteiger partial charge in [-0.2, -0.15) is 0 Å². The molecule has 6 nitrogen and oxygen atoms in total. The molecule has 7 heteroatoms. The van der Waals surface area contributed by atoms with Gasteiger partial charge in [0.25, 0.3) is 5.91 Å². The molecule has 0 aliphatic heterocycles. The zero-order valence-corrected chi connectivity index (χ0v) is 14.4. The molecule has 0 unspecified atom stereocenters. The molecule has 0 aliphatic carbocycles. The Bertz CT molecular complexity index is 1100. The summed E-state index contributed by atoms with van der Waals surface area (Å²) >= 11 is 0. The normalized spacial score (nSPS) is 10.9. The van der Waals surface area contributed by atoms with Crippen molar-refractivity contribution < 1.29 is 22.9 Å². The number of benzene rings is 2. The average Bonchev–Trinajstić information content (AvgIpc) is 3.33. The molecule has 0 atom stereocenters. The maximum absolute atomic E-state index is 13.0. The summed E-state index contributed by atoms with van der Waals surface area (Å²) in [6.45, 7) is 0.164. The number of ether oxygens (including phenoxy) is 1. The van der Waals surface area contributed by atoms with E-state index in [1.165, 1.54) is 12.1 Å². The van der Waals surface area contributed by atoms with Crippen molar-refractivity contribution in [1.82, 2.24) is 10.5 Å². The van der Waals surface area contributed by atoms with Crippen LogP contribution in [0.3, 0.4) is 0 Å². The smallest absolute Gasteiger partial charge is 0.287 e. The summed E-state index contributed by atoms with van der Waals surface area (Å²) in [5.74, 6) is 0.532. The van der Waals surface area contributed by atoms with Crippen molar-refractivity contribution in [2.24, 2.45) is 0 Å². The van der Waals surface area contributed by atoms with E-state index in [1.54, 1.807) is 37.4 Å². The number of halogens is 1. The molecule has 4 aromatic rings. The molecule has 2 heterocycles. The first-order chi connectivity index (χ1) is 13.1. The molecule has 0 bridgehead atoms. The van der Waals surface area contributed by atoms with Gasteiger partial charge in [-0.05, 0) is 36.4 Å². The maximum Gasteiger partial charge on any atom is 0.287 e. The number of fused-ring (bicyclic) bond motifs is 1. The number of hydrogen-bond acceptors (Lipinski definition) is 5. The third-order valence-electron chi connectivity index (χ3n) is 4.07. The van der Waals surface area contributed by atoms with E-state index in [-0.39, 0.29) is 24.0 Å². The fourth-order valence-corrected chi connectivity index (χ4v) is 2.71. The predicted octanol–water partition coefficient (Wildman–Crippen LogP) is 4.17. The lowest BCUT2D eigenvalue weighted by molar-refractivity contribution is 0.0924. The molecule has 4 rings (SSSR count). The topological polar surface area (TPSA) is 77.5 Å². The van der Waals surface area contributed by atoms with Crippen LogP contribution in [0.4, 0.5) is 4.39 Å². The number of amides is 1. The van der Waals surface area contributed by atoms with Crippen LogP contribution in [0.15, 0.2) is 63.5 Å². The minimum Gasteiger partial charge on any atom is -0.493 e. The molecule has 1 amide bonds. The molecule has 0 aliphatic rings. The largest absolute Gasteiger partial charge is 0.493 e. The standard InChI is InChI=1S/C20H15FN2O4/c1-25-16-4-2-3-13-9-18(26-19(13)16)20(24)22-11-15-10-17(27-23-15)12-5-7-14(21)8-6-12/h2-10H,11H2,1H3,(H,22,24). The van der Waals surface area contributed by atoms with Crippen molar-refractivity contribution in [2.75, 3.05) is 7.11 Å². The van der Waals surface area contributed by atoms with Gasteiger partial charge < -0.3 is 19.0 Å². The van der Waals surface area contributed by atoms with Crippen LogP contribution in [0.25, 0.3) is 22.3 Å². The van der Waals surface area contributed by atoms with Gasteiger partial charge >= 0.3 is 0 Å². The van der Waals surface area contributed by atoms with Crippen molar-refractivity contribution >= 4 is 16.9 Å². The Morgan fingerprint density at radius 3 is 2.78 bits per heavy atom. The second-order valence-electron chi connectivity index (χ2n) is 5.86. The summed E-state index contributed by atoms with van der Waals surface area (Å²) in [5.41, 5.74) is 1.76. The molecular formula is C20H15FN2O4. The predicted molar refractivity (Wildman–Crippen MR) is 95.8 cm³/mol. The minimum atomic E-state index is -0.375. The van der Waals surface area contributed by atoms with Crippen LogP contribution in [-0.2, 0) is 6.54 Å². The first-order valence-electron chi connectivity index (χ1n) is 8.20. The Balaban J connectivity index is 1.46. The molecule has 1 N–H and O–H groups in total. The van der Waals surface area contributed by atoms with Crippen LogP contribution in [0, 0.1) is 5.82 Å². The number of carbonyl (C=O) groups excluding carboxylic acids is 1. The van der Waals surface area contributed by atoms with E-state index < -0.39 is 0 Å². The van der Waals surface area contributed by atoms with Crippen LogP contribution >= 0.6 is 0 Å². The fourth-order valence-electron chi connectivity index (χ4n) is 2.71. The number of rotatable bonds is 5. The molecular weight excluding hydrogens is 351 g/mol. The van der Waals surface area contributed by atoms with Crippen molar-refractivity contribution in [2.45, 2.75) is 6.54 Å². The van der Waals surface area contributed by atoms with Crippen molar-refractivity contribution in [3.8, 4) is 17.1 Å². The molecule has 2 aromatic heterocycles. The summed E-state index contributed by atoms with van der Waals surface area (Å²) in [5, 5.41) is 7.43. The van der Waals surface area contributed by atoms with Crippen LogP contribution < -0.4 is 10.1 Å². The van der Waals surface area contributed by atoms with E-state index in [1.807, 2.05) is 12.1 Å². The number of nitrogens with one attached hydrogen (secondary N) is 1. The Morgan fingerprint density at radius 2 is 2.00 bits per heavy atom. The number of aromatic nitrogens is 1. The Morgan fingerprint density at radius 1 is 1.19 bits per heavy atom. The van der Waals surface area contributed by atoms with Gasteiger partial charge in [-0.3, -0.25) is 4.79 Å². The van der Waals surface area contributed by atoms with Crippen LogP contribution in [0.2, 0.25) is 0 Å². The summed E-state index contributed by atoms with van der Waals surface area (Å²) in [6.07, 6.45) is 0. The first kappa shape index (κ1) is 16.8. The van der Waals surface area contributed by atoms with Crippen LogP contribution in [-0.4, -0.2) is 18.2 Å². The SMILES string of the molecule is COc1cccc2cc(C(=O)NCc3cc(-c4ccc(F)cc4)on3)oc12. The van der Waals surface area contributed by atoms with E-state index in [9.17, 15) is 9.18 Å². The number of hydrogen-bond donors (Lipinski definition) is 1. The molecule has 0 spiro atoms. The molecule has 0 fully saturated rings. The number of carbonyl (C=O) groups is 1. The highest BCUT2D eigenvalue weighted by atomic mass is 19.1. The molecule has 0 saturated heterocycles. The van der Waals surface area contributed by atoms with Gasteiger partial charge in [-0.15, -0.1) is 0 Å². The van der Waals surface area contributed by atoms with Crippen LogP contribution in [0.5, 0.6) is 5.75 Å². The first-order valence-corrected chi connectivity index (χ1v) is 8.20. The third-order valence-corrected chi connectivity index (χ3v) is 4.07. The van der Waals surface area contributed by atoms with Gasteiger partial charge in [0.15, 0.2) is 22.9 Å².